The first-order valence-electron chi connectivity index (χ1n) is 7.81. The molecule has 2 atom stereocenters. The van der Waals surface area contributed by atoms with Gasteiger partial charge < -0.3 is 10.6 Å². The van der Waals surface area contributed by atoms with Crippen molar-refractivity contribution in [3.63, 3.8) is 0 Å². The lowest BCUT2D eigenvalue weighted by molar-refractivity contribution is 0.234. The standard InChI is InChI=1S/C19H24N2O/c1-15(13-14-17-9-5-3-6-10-17)20-19(22)21-16(2)18-11-7-4-8-12-18/h3-12,15-16H,13-14H2,1-2H3,(H2,20,21,22)/t15-,16+/m1/s1. The van der Waals surface area contributed by atoms with Gasteiger partial charge in [-0.1, -0.05) is 60.7 Å². The predicted molar refractivity (Wildman–Crippen MR) is 90.7 cm³/mol. The van der Waals surface area contributed by atoms with E-state index in [0.29, 0.717) is 0 Å². The first-order chi connectivity index (χ1) is 10.6. The number of carbonyl (C=O) groups is 1. The Morgan fingerprint density at radius 2 is 1.50 bits per heavy atom. The fourth-order valence-electron chi connectivity index (χ4n) is 2.39. The Hall–Kier alpha value is -2.29. The maximum Gasteiger partial charge on any atom is 0.315 e. The first-order valence-corrected chi connectivity index (χ1v) is 7.81. The molecule has 2 aromatic rings. The van der Waals surface area contributed by atoms with Crippen LogP contribution in [0.15, 0.2) is 60.7 Å². The maximum atomic E-state index is 12.0. The van der Waals surface area contributed by atoms with E-state index in [1.807, 2.05) is 62.4 Å². The monoisotopic (exact) mass is 296 g/mol. The Kier molecular flexibility index (Phi) is 6.01. The molecule has 116 valence electrons. The van der Waals surface area contributed by atoms with Crippen molar-refractivity contribution in [1.82, 2.24) is 10.6 Å². The Bertz CT molecular complexity index is 569. The van der Waals surface area contributed by atoms with Gasteiger partial charge in [0.25, 0.3) is 0 Å². The van der Waals surface area contributed by atoms with Crippen molar-refractivity contribution in [2.75, 3.05) is 0 Å². The van der Waals surface area contributed by atoms with Gasteiger partial charge in [0.1, 0.15) is 0 Å². The van der Waals surface area contributed by atoms with Gasteiger partial charge in [0.05, 0.1) is 6.04 Å². The van der Waals surface area contributed by atoms with Gasteiger partial charge in [-0.2, -0.15) is 0 Å². The number of hydrogen-bond acceptors (Lipinski definition) is 1. The van der Waals surface area contributed by atoms with E-state index in [0.717, 1.165) is 18.4 Å². The number of benzene rings is 2. The van der Waals surface area contributed by atoms with Gasteiger partial charge in [-0.25, -0.2) is 4.79 Å². The molecule has 0 saturated heterocycles. The van der Waals surface area contributed by atoms with E-state index in [1.54, 1.807) is 0 Å². The van der Waals surface area contributed by atoms with E-state index in [9.17, 15) is 4.79 Å². The van der Waals surface area contributed by atoms with E-state index >= 15 is 0 Å². The van der Waals surface area contributed by atoms with Gasteiger partial charge in [0.15, 0.2) is 0 Å². The van der Waals surface area contributed by atoms with Crippen LogP contribution in [0.25, 0.3) is 0 Å². The molecule has 0 aromatic heterocycles. The number of aryl methyl sites for hydroxylation is 1. The number of carbonyl (C=O) groups excluding carboxylic acids is 1. The number of urea groups is 1. The highest BCUT2D eigenvalue weighted by Crippen LogP contribution is 2.11. The quantitative estimate of drug-likeness (QED) is 0.829. The molecule has 0 saturated carbocycles. The Morgan fingerprint density at radius 1 is 0.909 bits per heavy atom. The Labute approximate surface area is 132 Å². The van der Waals surface area contributed by atoms with Crippen LogP contribution in [0.4, 0.5) is 4.79 Å². The lowest BCUT2D eigenvalue weighted by Crippen LogP contribution is -2.41. The SMILES string of the molecule is C[C@H](CCc1ccccc1)NC(=O)N[C@@H](C)c1ccccc1. The summed E-state index contributed by atoms with van der Waals surface area (Å²) in [6, 6.07) is 20.3. The largest absolute Gasteiger partial charge is 0.336 e. The van der Waals surface area contributed by atoms with Crippen molar-refractivity contribution in [3.8, 4) is 0 Å². The highest BCUT2D eigenvalue weighted by Gasteiger charge is 2.11. The second-order valence-electron chi connectivity index (χ2n) is 5.68. The molecule has 2 rings (SSSR count). The lowest BCUT2D eigenvalue weighted by atomic mass is 10.1. The van der Waals surface area contributed by atoms with E-state index in [-0.39, 0.29) is 18.1 Å². The van der Waals surface area contributed by atoms with Crippen LogP contribution in [0.1, 0.15) is 37.4 Å². The summed E-state index contributed by atoms with van der Waals surface area (Å²) in [5.74, 6) is 0. The predicted octanol–water partition coefficient (Wildman–Crippen LogP) is 4.07. The van der Waals surface area contributed by atoms with E-state index in [1.165, 1.54) is 5.56 Å². The summed E-state index contributed by atoms with van der Waals surface area (Å²) in [7, 11) is 0. The third-order valence-electron chi connectivity index (χ3n) is 3.73. The fourth-order valence-corrected chi connectivity index (χ4v) is 2.39. The van der Waals surface area contributed by atoms with Crippen LogP contribution in [0, 0.1) is 0 Å². The molecule has 0 bridgehead atoms. The highest BCUT2D eigenvalue weighted by molar-refractivity contribution is 5.74. The zero-order valence-corrected chi connectivity index (χ0v) is 13.3. The molecule has 22 heavy (non-hydrogen) atoms. The van der Waals surface area contributed by atoms with Crippen LogP contribution in [-0.4, -0.2) is 12.1 Å². The minimum atomic E-state index is -0.114. The summed E-state index contributed by atoms with van der Waals surface area (Å²) in [5.41, 5.74) is 2.41. The molecule has 0 heterocycles. The van der Waals surface area contributed by atoms with E-state index in [2.05, 4.69) is 22.8 Å². The van der Waals surface area contributed by atoms with Crippen molar-refractivity contribution in [1.29, 1.82) is 0 Å². The van der Waals surface area contributed by atoms with Gasteiger partial charge in [-0.05, 0) is 37.8 Å². The van der Waals surface area contributed by atoms with Crippen molar-refractivity contribution in [2.45, 2.75) is 38.8 Å². The topological polar surface area (TPSA) is 41.1 Å². The average molecular weight is 296 g/mol. The second-order valence-corrected chi connectivity index (χ2v) is 5.68. The molecule has 2 amide bonds. The summed E-state index contributed by atoms with van der Waals surface area (Å²) in [6.45, 7) is 4.03. The summed E-state index contributed by atoms with van der Waals surface area (Å²) in [5, 5.41) is 5.98. The fraction of sp³-hybridized carbons (Fsp3) is 0.316. The molecule has 2 N–H and O–H groups in total. The smallest absolute Gasteiger partial charge is 0.315 e. The van der Waals surface area contributed by atoms with Crippen molar-refractivity contribution in [3.05, 3.63) is 71.8 Å². The van der Waals surface area contributed by atoms with Crippen molar-refractivity contribution >= 4 is 6.03 Å². The number of rotatable bonds is 6. The third kappa shape index (κ3) is 5.24. The average Bonchev–Trinajstić information content (AvgIpc) is 2.54. The van der Waals surface area contributed by atoms with E-state index in [4.69, 9.17) is 0 Å². The minimum Gasteiger partial charge on any atom is -0.336 e. The van der Waals surface area contributed by atoms with Crippen LogP contribution in [0.3, 0.4) is 0 Å². The molecule has 3 nitrogen and oxygen atoms in total. The number of amides is 2. The summed E-state index contributed by atoms with van der Waals surface area (Å²) >= 11 is 0. The molecule has 0 aliphatic heterocycles. The highest BCUT2D eigenvalue weighted by atomic mass is 16.2. The first kappa shape index (κ1) is 16.1. The molecule has 0 aliphatic carbocycles. The normalized spacial score (nSPS) is 13.2. The molecule has 0 radical (unpaired) electrons. The van der Waals surface area contributed by atoms with Crippen LogP contribution >= 0.6 is 0 Å². The summed E-state index contributed by atoms with van der Waals surface area (Å²) < 4.78 is 0. The Balaban J connectivity index is 1.74. The molecular weight excluding hydrogens is 272 g/mol. The number of hydrogen-bond donors (Lipinski definition) is 2. The van der Waals surface area contributed by atoms with Crippen LogP contribution in [0.2, 0.25) is 0 Å². The molecule has 2 aromatic carbocycles. The van der Waals surface area contributed by atoms with Gasteiger partial charge in [-0.15, -0.1) is 0 Å². The lowest BCUT2D eigenvalue weighted by Gasteiger charge is -2.18. The van der Waals surface area contributed by atoms with Crippen LogP contribution in [0.5, 0.6) is 0 Å². The van der Waals surface area contributed by atoms with Gasteiger partial charge in [0, 0.05) is 6.04 Å². The second kappa shape index (κ2) is 8.23. The molecule has 0 aliphatic rings. The molecule has 3 heteroatoms. The Morgan fingerprint density at radius 3 is 2.14 bits per heavy atom. The summed E-state index contributed by atoms with van der Waals surface area (Å²) in [4.78, 5) is 12.0. The number of nitrogens with one attached hydrogen (secondary N) is 2. The zero-order chi connectivity index (χ0) is 15.8. The van der Waals surface area contributed by atoms with Gasteiger partial charge in [0.2, 0.25) is 0 Å². The van der Waals surface area contributed by atoms with Crippen LogP contribution < -0.4 is 10.6 Å². The minimum absolute atomic E-state index is 0.00234. The van der Waals surface area contributed by atoms with Crippen molar-refractivity contribution in [2.24, 2.45) is 0 Å². The van der Waals surface area contributed by atoms with Gasteiger partial charge >= 0.3 is 6.03 Å². The third-order valence-corrected chi connectivity index (χ3v) is 3.73. The van der Waals surface area contributed by atoms with Crippen molar-refractivity contribution < 1.29 is 4.79 Å². The zero-order valence-electron chi connectivity index (χ0n) is 13.3. The maximum absolute atomic E-state index is 12.0. The van der Waals surface area contributed by atoms with Gasteiger partial charge in [-0.3, -0.25) is 0 Å². The molecule has 0 unspecified atom stereocenters. The summed E-state index contributed by atoms with van der Waals surface area (Å²) in [6.07, 6.45) is 1.90. The molecular formula is C19H24N2O. The molecule has 0 fully saturated rings. The van der Waals surface area contributed by atoms with E-state index < -0.39 is 0 Å². The van der Waals surface area contributed by atoms with Crippen LogP contribution in [-0.2, 0) is 6.42 Å². The molecule has 0 spiro atoms.